The molecular weight excluding hydrogens is 358 g/mol. The van der Waals surface area contributed by atoms with Crippen LogP contribution in [0.1, 0.15) is 25.0 Å². The molecule has 0 saturated heterocycles. The number of nitrogens with zero attached hydrogens (tertiary/aromatic N) is 2. The fourth-order valence-electron chi connectivity index (χ4n) is 2.88. The average Bonchev–Trinajstić information content (AvgIpc) is 2.62. The van der Waals surface area contributed by atoms with Gasteiger partial charge in [-0.1, -0.05) is 36.0 Å². The largest absolute Gasteiger partial charge is 0.353 e. The molecule has 0 atom stereocenters. The van der Waals surface area contributed by atoms with Crippen molar-refractivity contribution in [2.75, 3.05) is 5.75 Å². The van der Waals surface area contributed by atoms with Crippen LogP contribution in [0.25, 0.3) is 16.6 Å². The second-order valence-electron chi connectivity index (χ2n) is 6.85. The summed E-state index contributed by atoms with van der Waals surface area (Å²) in [5, 5.41) is 3.95. The second-order valence-corrected chi connectivity index (χ2v) is 7.80. The predicted octanol–water partition coefficient (Wildman–Crippen LogP) is 3.62. The molecule has 6 heteroatoms. The van der Waals surface area contributed by atoms with Crippen molar-refractivity contribution < 1.29 is 4.79 Å². The van der Waals surface area contributed by atoms with E-state index in [1.165, 1.54) is 11.8 Å². The van der Waals surface area contributed by atoms with E-state index in [0.29, 0.717) is 16.1 Å². The van der Waals surface area contributed by atoms with Gasteiger partial charge in [-0.2, -0.15) is 0 Å². The molecule has 0 aliphatic carbocycles. The van der Waals surface area contributed by atoms with Crippen LogP contribution in [-0.4, -0.2) is 27.3 Å². The normalized spacial score (nSPS) is 11.1. The molecule has 0 aliphatic heterocycles. The number of aromatic nitrogens is 2. The third-order valence-corrected chi connectivity index (χ3v) is 5.07. The van der Waals surface area contributed by atoms with Crippen LogP contribution in [0.2, 0.25) is 0 Å². The first-order valence-electron chi connectivity index (χ1n) is 8.88. The minimum absolute atomic E-state index is 0.0730. The lowest BCUT2D eigenvalue weighted by molar-refractivity contribution is -0.119. The highest BCUT2D eigenvalue weighted by Crippen LogP contribution is 2.23. The quantitative estimate of drug-likeness (QED) is 0.542. The van der Waals surface area contributed by atoms with Crippen LogP contribution in [0.5, 0.6) is 0 Å². The lowest BCUT2D eigenvalue weighted by atomic mass is 10.1. The number of hydrogen-bond donors (Lipinski definition) is 1. The molecule has 0 bridgehead atoms. The van der Waals surface area contributed by atoms with Crippen LogP contribution in [0, 0.1) is 13.8 Å². The summed E-state index contributed by atoms with van der Waals surface area (Å²) in [6.07, 6.45) is 0. The molecule has 0 fully saturated rings. The van der Waals surface area contributed by atoms with Crippen LogP contribution >= 0.6 is 11.8 Å². The number of amides is 1. The molecule has 1 aromatic heterocycles. The van der Waals surface area contributed by atoms with E-state index in [1.807, 2.05) is 64.1 Å². The molecule has 5 nitrogen and oxygen atoms in total. The number of carbonyl (C=O) groups is 1. The molecule has 27 heavy (non-hydrogen) atoms. The molecule has 1 N–H and O–H groups in total. The maximum atomic E-state index is 13.2. The Morgan fingerprint density at radius 2 is 1.93 bits per heavy atom. The minimum Gasteiger partial charge on any atom is -0.353 e. The fourth-order valence-corrected chi connectivity index (χ4v) is 3.69. The van der Waals surface area contributed by atoms with Gasteiger partial charge in [0.05, 0.1) is 22.3 Å². The number of thioether (sulfide) groups is 1. The summed E-state index contributed by atoms with van der Waals surface area (Å²) in [6, 6.07) is 13.4. The summed E-state index contributed by atoms with van der Waals surface area (Å²) in [5.74, 6) is 0.123. The SMILES string of the molecule is Cc1ccc(C)c(-n2c(SCC(=O)NC(C)C)nc3ccccc3c2=O)c1. The zero-order chi connectivity index (χ0) is 19.6. The van der Waals surface area contributed by atoms with E-state index < -0.39 is 0 Å². The Hall–Kier alpha value is -2.60. The second kappa shape index (κ2) is 7.96. The Morgan fingerprint density at radius 3 is 2.67 bits per heavy atom. The van der Waals surface area contributed by atoms with Crippen molar-refractivity contribution in [3.05, 3.63) is 63.9 Å². The molecule has 0 unspecified atom stereocenters. The van der Waals surface area contributed by atoms with Gasteiger partial charge >= 0.3 is 0 Å². The van der Waals surface area contributed by atoms with Gasteiger partial charge in [0, 0.05) is 6.04 Å². The topological polar surface area (TPSA) is 64.0 Å². The molecule has 1 heterocycles. The van der Waals surface area contributed by atoms with E-state index >= 15 is 0 Å². The van der Waals surface area contributed by atoms with Gasteiger partial charge in [-0.15, -0.1) is 0 Å². The Balaban J connectivity index is 2.14. The summed E-state index contributed by atoms with van der Waals surface area (Å²) in [7, 11) is 0. The van der Waals surface area contributed by atoms with Crippen molar-refractivity contribution in [2.24, 2.45) is 0 Å². The van der Waals surface area contributed by atoms with Crippen molar-refractivity contribution in [3.63, 3.8) is 0 Å². The highest BCUT2D eigenvalue weighted by Gasteiger charge is 2.16. The Morgan fingerprint density at radius 1 is 1.19 bits per heavy atom. The zero-order valence-corrected chi connectivity index (χ0v) is 16.8. The number of aryl methyl sites for hydroxylation is 2. The van der Waals surface area contributed by atoms with Gasteiger partial charge in [-0.3, -0.25) is 14.2 Å². The highest BCUT2D eigenvalue weighted by atomic mass is 32.2. The van der Waals surface area contributed by atoms with Gasteiger partial charge in [0.2, 0.25) is 5.91 Å². The zero-order valence-electron chi connectivity index (χ0n) is 15.9. The van der Waals surface area contributed by atoms with Crippen molar-refractivity contribution in [1.82, 2.24) is 14.9 Å². The van der Waals surface area contributed by atoms with Crippen LogP contribution in [0.15, 0.2) is 52.4 Å². The van der Waals surface area contributed by atoms with Crippen LogP contribution < -0.4 is 10.9 Å². The predicted molar refractivity (Wildman–Crippen MR) is 111 cm³/mol. The van der Waals surface area contributed by atoms with Crippen molar-refractivity contribution >= 4 is 28.6 Å². The van der Waals surface area contributed by atoms with Crippen LogP contribution in [0.4, 0.5) is 0 Å². The number of fused-ring (bicyclic) bond motifs is 1. The summed E-state index contributed by atoms with van der Waals surface area (Å²) in [4.78, 5) is 30.0. The summed E-state index contributed by atoms with van der Waals surface area (Å²) in [6.45, 7) is 7.80. The van der Waals surface area contributed by atoms with Gasteiger partial charge in [0.1, 0.15) is 0 Å². The molecule has 1 amide bonds. The monoisotopic (exact) mass is 381 g/mol. The number of carbonyl (C=O) groups excluding carboxylic acids is 1. The molecule has 0 spiro atoms. The number of nitrogens with one attached hydrogen (secondary N) is 1. The first kappa shape index (κ1) is 19.2. The highest BCUT2D eigenvalue weighted by molar-refractivity contribution is 7.99. The van der Waals surface area contributed by atoms with E-state index in [9.17, 15) is 9.59 Å². The lowest BCUT2D eigenvalue weighted by Gasteiger charge is -2.16. The number of para-hydroxylation sites is 1. The van der Waals surface area contributed by atoms with E-state index in [4.69, 9.17) is 0 Å². The van der Waals surface area contributed by atoms with Crippen LogP contribution in [0.3, 0.4) is 0 Å². The average molecular weight is 382 g/mol. The van der Waals surface area contributed by atoms with Gasteiger partial charge in [-0.25, -0.2) is 4.98 Å². The lowest BCUT2D eigenvalue weighted by Crippen LogP contribution is -2.32. The van der Waals surface area contributed by atoms with Crippen molar-refractivity contribution in [1.29, 1.82) is 0 Å². The molecule has 0 aliphatic rings. The Labute approximate surface area is 162 Å². The fraction of sp³-hybridized carbons (Fsp3) is 0.286. The Kier molecular flexibility index (Phi) is 5.65. The molecule has 0 saturated carbocycles. The minimum atomic E-state index is -0.124. The van der Waals surface area contributed by atoms with E-state index in [0.717, 1.165) is 16.8 Å². The van der Waals surface area contributed by atoms with Gasteiger partial charge in [-0.05, 0) is 57.0 Å². The maximum Gasteiger partial charge on any atom is 0.266 e. The van der Waals surface area contributed by atoms with E-state index in [1.54, 1.807) is 10.6 Å². The summed E-state index contributed by atoms with van der Waals surface area (Å²) in [5.41, 5.74) is 3.35. The first-order chi connectivity index (χ1) is 12.9. The van der Waals surface area contributed by atoms with Gasteiger partial charge in [0.25, 0.3) is 5.56 Å². The summed E-state index contributed by atoms with van der Waals surface area (Å²) >= 11 is 1.28. The van der Waals surface area contributed by atoms with E-state index in [2.05, 4.69) is 10.3 Å². The third kappa shape index (κ3) is 4.22. The van der Waals surface area contributed by atoms with Crippen molar-refractivity contribution in [3.8, 4) is 5.69 Å². The molecule has 140 valence electrons. The number of benzene rings is 2. The third-order valence-electron chi connectivity index (χ3n) is 4.13. The molecule has 2 aromatic carbocycles. The van der Waals surface area contributed by atoms with Gasteiger partial charge in [0.15, 0.2) is 5.16 Å². The van der Waals surface area contributed by atoms with E-state index in [-0.39, 0.29) is 23.3 Å². The molecule has 3 aromatic rings. The van der Waals surface area contributed by atoms with Crippen LogP contribution in [-0.2, 0) is 4.79 Å². The Bertz CT molecular complexity index is 1060. The standard InChI is InChI=1S/C21H23N3O2S/c1-13(2)22-19(25)12-27-21-23-17-8-6-5-7-16(17)20(26)24(21)18-11-14(3)9-10-15(18)4/h5-11,13H,12H2,1-4H3,(H,22,25). The first-order valence-corrected chi connectivity index (χ1v) is 9.87. The van der Waals surface area contributed by atoms with Crippen molar-refractivity contribution in [2.45, 2.75) is 38.9 Å². The van der Waals surface area contributed by atoms with Gasteiger partial charge < -0.3 is 5.32 Å². The number of rotatable bonds is 5. The maximum absolute atomic E-state index is 13.2. The molecule has 3 rings (SSSR count). The molecule has 0 radical (unpaired) electrons. The molecular formula is C21H23N3O2S. The summed E-state index contributed by atoms with van der Waals surface area (Å²) < 4.78 is 1.62. The smallest absolute Gasteiger partial charge is 0.266 e. The number of hydrogen-bond acceptors (Lipinski definition) is 4.